The normalized spacial score (nSPS) is 14.3. The number of anilines is 1. The van der Waals surface area contributed by atoms with Crippen LogP contribution in [0.15, 0.2) is 34.9 Å². The lowest BCUT2D eigenvalue weighted by atomic mass is 10.2. The van der Waals surface area contributed by atoms with E-state index in [0.29, 0.717) is 38.1 Å². The Bertz CT molecular complexity index is 614. The van der Waals surface area contributed by atoms with Crippen LogP contribution in [0.25, 0.3) is 11.5 Å². The van der Waals surface area contributed by atoms with E-state index in [4.69, 9.17) is 9.26 Å². The highest BCUT2D eigenvalue weighted by Crippen LogP contribution is 2.19. The topological polar surface area (TPSA) is 71.7 Å². The lowest BCUT2D eigenvalue weighted by molar-refractivity contribution is 0.159. The first-order chi connectivity index (χ1) is 10.2. The predicted molar refractivity (Wildman–Crippen MR) is 75.9 cm³/mol. The molecule has 0 aliphatic carbocycles. The van der Waals surface area contributed by atoms with Gasteiger partial charge in [0.1, 0.15) is 6.61 Å². The van der Waals surface area contributed by atoms with Gasteiger partial charge in [-0.15, -0.1) is 0 Å². The molecule has 0 radical (unpaired) electrons. The lowest BCUT2D eigenvalue weighted by Crippen LogP contribution is -2.34. The Labute approximate surface area is 122 Å². The Morgan fingerprint density at radius 1 is 1.33 bits per heavy atom. The smallest absolute Gasteiger partial charge is 0.409 e. The van der Waals surface area contributed by atoms with Crippen LogP contribution in [0.3, 0.4) is 0 Å². The molecular formula is C14H16N4O3. The van der Waals surface area contributed by atoms with Crippen LogP contribution >= 0.6 is 0 Å². The average Bonchev–Trinajstić information content (AvgIpc) is 3.15. The van der Waals surface area contributed by atoms with Crippen LogP contribution in [0.2, 0.25) is 0 Å². The fraction of sp³-hybridized carbons (Fsp3) is 0.357. The second-order valence-corrected chi connectivity index (χ2v) is 4.79. The fourth-order valence-electron chi connectivity index (χ4n) is 2.07. The van der Waals surface area contributed by atoms with E-state index in [2.05, 4.69) is 10.1 Å². The Balaban J connectivity index is 1.61. The largest absolute Gasteiger partial charge is 0.448 e. The van der Waals surface area contributed by atoms with E-state index in [1.807, 2.05) is 42.3 Å². The summed E-state index contributed by atoms with van der Waals surface area (Å²) in [6.45, 7) is 2.28. The lowest BCUT2D eigenvalue weighted by Gasteiger charge is -2.18. The molecule has 1 amide bonds. The molecule has 7 heteroatoms. The molecule has 0 saturated carbocycles. The summed E-state index contributed by atoms with van der Waals surface area (Å²) in [5.74, 6) is 0.986. The molecular weight excluding hydrogens is 272 g/mol. The molecule has 1 fully saturated rings. The van der Waals surface area contributed by atoms with Crippen LogP contribution in [0.5, 0.6) is 0 Å². The number of aromatic nitrogens is 2. The van der Waals surface area contributed by atoms with E-state index in [9.17, 15) is 4.79 Å². The second kappa shape index (κ2) is 5.82. The average molecular weight is 288 g/mol. The summed E-state index contributed by atoms with van der Waals surface area (Å²) in [5, 5.41) is 3.96. The van der Waals surface area contributed by atoms with E-state index in [-0.39, 0.29) is 6.09 Å². The highest BCUT2D eigenvalue weighted by molar-refractivity contribution is 5.69. The van der Waals surface area contributed by atoms with Gasteiger partial charge in [0.2, 0.25) is 0 Å². The zero-order valence-electron chi connectivity index (χ0n) is 11.7. The van der Waals surface area contributed by atoms with E-state index < -0.39 is 0 Å². The molecule has 0 N–H and O–H groups in total. The zero-order valence-corrected chi connectivity index (χ0v) is 11.7. The maximum Gasteiger partial charge on any atom is 0.409 e. The number of hydrogen-bond donors (Lipinski definition) is 0. The number of amides is 1. The van der Waals surface area contributed by atoms with Crippen LogP contribution in [-0.4, -0.2) is 54.4 Å². The Morgan fingerprint density at radius 2 is 2.14 bits per heavy atom. The maximum absolute atomic E-state index is 11.3. The number of benzene rings is 1. The van der Waals surface area contributed by atoms with Gasteiger partial charge < -0.3 is 19.1 Å². The molecule has 21 heavy (non-hydrogen) atoms. The molecule has 110 valence electrons. The number of hydrogen-bond acceptors (Lipinski definition) is 6. The molecule has 2 heterocycles. The molecule has 1 aromatic heterocycles. The van der Waals surface area contributed by atoms with Crippen LogP contribution in [-0.2, 0) is 4.74 Å². The van der Waals surface area contributed by atoms with Gasteiger partial charge in [-0.25, -0.2) is 4.79 Å². The third-order valence-electron chi connectivity index (χ3n) is 3.33. The predicted octanol–water partition coefficient (Wildman–Crippen LogP) is 1.62. The Morgan fingerprint density at radius 3 is 2.86 bits per heavy atom. The molecule has 1 aliphatic heterocycles. The summed E-state index contributed by atoms with van der Waals surface area (Å²) in [4.78, 5) is 19.2. The van der Waals surface area contributed by atoms with Crippen molar-refractivity contribution in [3.8, 4) is 11.5 Å². The van der Waals surface area contributed by atoms with E-state index >= 15 is 0 Å². The molecule has 7 nitrogen and oxygen atoms in total. The van der Waals surface area contributed by atoms with Crippen molar-refractivity contribution in [1.82, 2.24) is 15.0 Å². The molecule has 3 rings (SSSR count). The van der Waals surface area contributed by atoms with Gasteiger partial charge in [0.05, 0.1) is 6.54 Å². The quantitative estimate of drug-likeness (QED) is 0.832. The van der Waals surface area contributed by atoms with Gasteiger partial charge >= 0.3 is 6.09 Å². The van der Waals surface area contributed by atoms with Crippen molar-refractivity contribution in [1.29, 1.82) is 0 Å². The highest BCUT2D eigenvalue weighted by Gasteiger charge is 2.22. The van der Waals surface area contributed by atoms with Crippen molar-refractivity contribution >= 4 is 12.0 Å². The van der Waals surface area contributed by atoms with Gasteiger partial charge in [-0.05, 0) is 17.3 Å². The minimum absolute atomic E-state index is 0.263. The van der Waals surface area contributed by atoms with Crippen molar-refractivity contribution in [3.05, 3.63) is 30.3 Å². The molecule has 1 saturated heterocycles. The summed E-state index contributed by atoms with van der Waals surface area (Å²) in [6.07, 6.45) is -0.263. The standard InChI is InChI=1S/C14H16N4O3/c1-17(7-8-18-9-10-20-14(18)19)13-15-12(21-16-13)11-5-3-2-4-6-11/h2-6H,7-10H2,1H3. The van der Waals surface area contributed by atoms with Gasteiger partial charge in [-0.2, -0.15) is 4.98 Å². The maximum atomic E-state index is 11.3. The molecule has 1 aromatic carbocycles. The van der Waals surface area contributed by atoms with Crippen LogP contribution < -0.4 is 4.90 Å². The molecule has 0 spiro atoms. The first kappa shape index (κ1) is 13.4. The van der Waals surface area contributed by atoms with E-state index in [0.717, 1.165) is 5.56 Å². The first-order valence-electron chi connectivity index (χ1n) is 6.76. The third-order valence-corrected chi connectivity index (χ3v) is 3.33. The Hall–Kier alpha value is -2.57. The minimum atomic E-state index is -0.263. The summed E-state index contributed by atoms with van der Waals surface area (Å²) < 4.78 is 10.1. The SMILES string of the molecule is CN(CCN1CCOC1=O)c1noc(-c2ccccc2)n1. The van der Waals surface area contributed by atoms with Crippen molar-refractivity contribution in [2.45, 2.75) is 0 Å². The number of cyclic esters (lactones) is 1. The second-order valence-electron chi connectivity index (χ2n) is 4.79. The van der Waals surface area contributed by atoms with Crippen LogP contribution in [0, 0.1) is 0 Å². The summed E-state index contributed by atoms with van der Waals surface area (Å²) in [5.41, 5.74) is 0.882. The van der Waals surface area contributed by atoms with Crippen molar-refractivity contribution in [2.24, 2.45) is 0 Å². The third kappa shape index (κ3) is 2.96. The number of rotatable bonds is 5. The van der Waals surface area contributed by atoms with E-state index in [1.54, 1.807) is 4.90 Å². The minimum Gasteiger partial charge on any atom is -0.448 e. The zero-order chi connectivity index (χ0) is 14.7. The summed E-state index contributed by atoms with van der Waals surface area (Å²) >= 11 is 0. The van der Waals surface area contributed by atoms with Crippen molar-refractivity contribution in [3.63, 3.8) is 0 Å². The van der Waals surface area contributed by atoms with Crippen molar-refractivity contribution in [2.75, 3.05) is 38.2 Å². The van der Waals surface area contributed by atoms with Crippen LogP contribution in [0.4, 0.5) is 10.7 Å². The number of carbonyl (C=O) groups is 1. The van der Waals surface area contributed by atoms with Crippen molar-refractivity contribution < 1.29 is 14.1 Å². The molecule has 1 aliphatic rings. The van der Waals surface area contributed by atoms with Crippen LogP contribution in [0.1, 0.15) is 0 Å². The number of carbonyl (C=O) groups excluding carboxylic acids is 1. The number of ether oxygens (including phenoxy) is 1. The van der Waals surface area contributed by atoms with Gasteiger partial charge in [0.25, 0.3) is 11.8 Å². The number of nitrogens with zero attached hydrogens (tertiary/aromatic N) is 4. The summed E-state index contributed by atoms with van der Waals surface area (Å²) in [6, 6.07) is 9.60. The van der Waals surface area contributed by atoms with Gasteiger partial charge in [-0.1, -0.05) is 18.2 Å². The van der Waals surface area contributed by atoms with E-state index in [1.165, 1.54) is 0 Å². The van der Waals surface area contributed by atoms with Gasteiger partial charge in [0, 0.05) is 25.7 Å². The number of likely N-dealkylation sites (N-methyl/N-ethyl adjacent to an activating group) is 1. The molecule has 2 aromatic rings. The summed E-state index contributed by atoms with van der Waals surface area (Å²) in [7, 11) is 1.86. The monoisotopic (exact) mass is 288 g/mol. The van der Waals surface area contributed by atoms with Gasteiger partial charge in [-0.3, -0.25) is 0 Å². The highest BCUT2D eigenvalue weighted by atomic mass is 16.6. The molecule has 0 unspecified atom stereocenters. The Kier molecular flexibility index (Phi) is 3.72. The molecule has 0 bridgehead atoms. The fourth-order valence-corrected chi connectivity index (χ4v) is 2.07. The first-order valence-corrected chi connectivity index (χ1v) is 6.76. The van der Waals surface area contributed by atoms with Gasteiger partial charge in [0.15, 0.2) is 0 Å². The molecule has 0 atom stereocenters.